The molecule has 3 aromatic rings. The lowest BCUT2D eigenvalue weighted by Crippen LogP contribution is -2.29. The molecule has 0 aliphatic carbocycles. The zero-order valence-corrected chi connectivity index (χ0v) is 18.4. The third kappa shape index (κ3) is 5.60. The van der Waals surface area contributed by atoms with Gasteiger partial charge in [0, 0.05) is 41.6 Å². The molecule has 2 amide bonds. The van der Waals surface area contributed by atoms with Gasteiger partial charge in [0.1, 0.15) is 0 Å². The maximum atomic E-state index is 13.1. The predicted molar refractivity (Wildman–Crippen MR) is 126 cm³/mol. The molecule has 0 atom stereocenters. The molecule has 0 spiro atoms. The molecule has 7 nitrogen and oxygen atoms in total. The Bertz CT molecular complexity index is 1190. The Labute approximate surface area is 194 Å². The Balaban J connectivity index is 1.56. The molecule has 1 saturated heterocycles. The van der Waals surface area contributed by atoms with Gasteiger partial charge in [-0.2, -0.15) is 0 Å². The van der Waals surface area contributed by atoms with Gasteiger partial charge in [0.25, 0.3) is 5.91 Å². The first-order chi connectivity index (χ1) is 15.6. The molecular formula is C23H18ClN5O2S. The Hall–Kier alpha value is -3.49. The Morgan fingerprint density at radius 2 is 1.84 bits per heavy atom. The second-order valence-electron chi connectivity index (χ2n) is 6.82. The molecule has 4 rings (SSSR count). The summed E-state index contributed by atoms with van der Waals surface area (Å²) in [5, 5.41) is 3.75. The number of amidine groups is 1. The standard InChI is InChI=1S/C23H18ClN5O2S/c24-18-6-1-7-19(10-18)28-21(30)11-20-22(31)29(15-17-5-3-9-26-13-17)23(32-20)27-14-16-4-2-8-25-12-16/h1-13H,14-15H2,(H,28,30)/b20-11-,27-23?. The van der Waals surface area contributed by atoms with Crippen molar-refractivity contribution in [3.05, 3.63) is 100 Å². The molecule has 160 valence electrons. The minimum absolute atomic E-state index is 0.287. The summed E-state index contributed by atoms with van der Waals surface area (Å²) < 4.78 is 0. The molecule has 1 aliphatic rings. The highest BCUT2D eigenvalue weighted by atomic mass is 35.5. The van der Waals surface area contributed by atoms with E-state index in [0.29, 0.717) is 33.9 Å². The van der Waals surface area contributed by atoms with Crippen molar-refractivity contribution in [3.8, 4) is 0 Å². The van der Waals surface area contributed by atoms with Crippen LogP contribution >= 0.6 is 23.4 Å². The number of anilines is 1. The van der Waals surface area contributed by atoms with Crippen molar-refractivity contribution in [2.45, 2.75) is 13.1 Å². The van der Waals surface area contributed by atoms with Gasteiger partial charge >= 0.3 is 0 Å². The molecule has 0 bridgehead atoms. The summed E-state index contributed by atoms with van der Waals surface area (Å²) in [4.78, 5) is 40.3. The van der Waals surface area contributed by atoms with Gasteiger partial charge in [-0.15, -0.1) is 0 Å². The molecule has 0 unspecified atom stereocenters. The lowest BCUT2D eigenvalue weighted by Gasteiger charge is -2.15. The molecule has 32 heavy (non-hydrogen) atoms. The summed E-state index contributed by atoms with van der Waals surface area (Å²) in [6, 6.07) is 14.3. The number of thioether (sulfide) groups is 1. The third-order valence-electron chi connectivity index (χ3n) is 4.43. The summed E-state index contributed by atoms with van der Waals surface area (Å²) >= 11 is 7.13. The van der Waals surface area contributed by atoms with Crippen molar-refractivity contribution in [3.63, 3.8) is 0 Å². The van der Waals surface area contributed by atoms with Crippen LogP contribution in [0.15, 0.2) is 89.3 Å². The molecular weight excluding hydrogens is 446 g/mol. The van der Waals surface area contributed by atoms with Crippen molar-refractivity contribution in [2.24, 2.45) is 4.99 Å². The number of pyridine rings is 2. The Morgan fingerprint density at radius 1 is 1.09 bits per heavy atom. The van der Waals surface area contributed by atoms with E-state index in [4.69, 9.17) is 11.6 Å². The number of halogens is 1. The zero-order valence-electron chi connectivity index (χ0n) is 16.8. The number of rotatable bonds is 6. The first-order valence-electron chi connectivity index (χ1n) is 9.69. The van der Waals surface area contributed by atoms with Crippen molar-refractivity contribution in [2.75, 3.05) is 5.32 Å². The number of nitrogens with zero attached hydrogens (tertiary/aromatic N) is 4. The molecule has 1 N–H and O–H groups in total. The first-order valence-corrected chi connectivity index (χ1v) is 10.9. The molecule has 0 radical (unpaired) electrons. The van der Waals surface area contributed by atoms with Crippen LogP contribution < -0.4 is 5.32 Å². The first kappa shape index (κ1) is 21.7. The lowest BCUT2D eigenvalue weighted by molar-refractivity contribution is -0.123. The summed E-state index contributed by atoms with van der Waals surface area (Å²) in [5.41, 5.74) is 2.33. The summed E-state index contributed by atoms with van der Waals surface area (Å²) in [6.07, 6.45) is 8.08. The number of hydrogen-bond acceptors (Lipinski definition) is 6. The number of aliphatic imine (C=N–C) groups is 1. The van der Waals surface area contributed by atoms with Crippen LogP contribution in [0, 0.1) is 0 Å². The number of carbonyl (C=O) groups excluding carboxylic acids is 2. The van der Waals surface area contributed by atoms with Crippen LogP contribution in [0.5, 0.6) is 0 Å². The Morgan fingerprint density at radius 3 is 2.53 bits per heavy atom. The van der Waals surface area contributed by atoms with Gasteiger partial charge in [0.15, 0.2) is 5.17 Å². The van der Waals surface area contributed by atoms with Crippen LogP contribution in [0.25, 0.3) is 0 Å². The van der Waals surface area contributed by atoms with Gasteiger partial charge in [-0.05, 0) is 53.2 Å². The van der Waals surface area contributed by atoms with Crippen LogP contribution in [0.3, 0.4) is 0 Å². The maximum Gasteiger partial charge on any atom is 0.267 e. The number of benzene rings is 1. The topological polar surface area (TPSA) is 87.6 Å². The van der Waals surface area contributed by atoms with Gasteiger partial charge in [0.05, 0.1) is 18.0 Å². The highest BCUT2D eigenvalue weighted by Crippen LogP contribution is 2.32. The quantitative estimate of drug-likeness (QED) is 0.551. The Kier molecular flexibility index (Phi) is 6.94. The summed E-state index contributed by atoms with van der Waals surface area (Å²) in [5.74, 6) is -0.706. The van der Waals surface area contributed by atoms with E-state index in [1.165, 1.54) is 17.8 Å². The van der Waals surface area contributed by atoms with Gasteiger partial charge < -0.3 is 5.32 Å². The number of amides is 2. The van der Waals surface area contributed by atoms with Crippen molar-refractivity contribution in [1.82, 2.24) is 14.9 Å². The van der Waals surface area contributed by atoms with E-state index in [1.54, 1.807) is 54.0 Å². The van der Waals surface area contributed by atoms with Crippen molar-refractivity contribution in [1.29, 1.82) is 0 Å². The van der Waals surface area contributed by atoms with Crippen molar-refractivity contribution >= 4 is 46.0 Å². The third-order valence-corrected chi connectivity index (χ3v) is 5.71. The highest BCUT2D eigenvalue weighted by Gasteiger charge is 2.34. The van der Waals surface area contributed by atoms with Crippen LogP contribution in [-0.2, 0) is 22.7 Å². The average Bonchev–Trinajstić information content (AvgIpc) is 3.08. The smallest absolute Gasteiger partial charge is 0.267 e. The number of hydrogen-bond donors (Lipinski definition) is 1. The normalized spacial score (nSPS) is 16.0. The van der Waals surface area contributed by atoms with Crippen LogP contribution in [0.1, 0.15) is 11.1 Å². The largest absolute Gasteiger partial charge is 0.322 e. The van der Waals surface area contributed by atoms with E-state index in [-0.39, 0.29) is 5.91 Å². The van der Waals surface area contributed by atoms with Crippen LogP contribution in [0.4, 0.5) is 5.69 Å². The fraction of sp³-hybridized carbons (Fsp3) is 0.0870. The number of aromatic nitrogens is 2. The van der Waals surface area contributed by atoms with E-state index in [1.807, 2.05) is 24.3 Å². The van der Waals surface area contributed by atoms with Gasteiger partial charge in [-0.3, -0.25) is 29.4 Å². The molecule has 0 saturated carbocycles. The molecule has 1 aliphatic heterocycles. The van der Waals surface area contributed by atoms with E-state index >= 15 is 0 Å². The molecule has 1 aromatic carbocycles. The van der Waals surface area contributed by atoms with Gasteiger partial charge in [-0.1, -0.05) is 29.8 Å². The van der Waals surface area contributed by atoms with Crippen molar-refractivity contribution < 1.29 is 9.59 Å². The van der Waals surface area contributed by atoms with Gasteiger partial charge in [-0.25, -0.2) is 0 Å². The minimum atomic E-state index is -0.419. The number of nitrogens with one attached hydrogen (secondary N) is 1. The second-order valence-corrected chi connectivity index (χ2v) is 8.27. The molecule has 3 heterocycles. The monoisotopic (exact) mass is 463 g/mol. The number of carbonyl (C=O) groups is 2. The van der Waals surface area contributed by atoms with E-state index < -0.39 is 5.91 Å². The fourth-order valence-electron chi connectivity index (χ4n) is 2.95. The highest BCUT2D eigenvalue weighted by molar-refractivity contribution is 8.18. The molecule has 2 aromatic heterocycles. The SMILES string of the molecule is O=C(/C=C1\SC(=NCc2cccnc2)N(Cc2cccnc2)C1=O)Nc1cccc(Cl)c1. The van der Waals surface area contributed by atoms with Gasteiger partial charge in [0.2, 0.25) is 5.91 Å². The van der Waals surface area contributed by atoms with Crippen LogP contribution in [-0.4, -0.2) is 31.8 Å². The zero-order chi connectivity index (χ0) is 22.3. The van der Waals surface area contributed by atoms with E-state index in [0.717, 1.165) is 11.1 Å². The van der Waals surface area contributed by atoms with Crippen LogP contribution in [0.2, 0.25) is 5.02 Å². The van der Waals surface area contributed by atoms with E-state index in [2.05, 4.69) is 20.3 Å². The second kappa shape index (κ2) is 10.2. The predicted octanol–water partition coefficient (Wildman–Crippen LogP) is 4.28. The lowest BCUT2D eigenvalue weighted by atomic mass is 10.2. The minimum Gasteiger partial charge on any atom is -0.322 e. The summed E-state index contributed by atoms with van der Waals surface area (Å²) in [6.45, 7) is 0.674. The average molecular weight is 464 g/mol. The van der Waals surface area contributed by atoms with E-state index in [9.17, 15) is 9.59 Å². The fourth-order valence-corrected chi connectivity index (χ4v) is 4.09. The summed E-state index contributed by atoms with van der Waals surface area (Å²) in [7, 11) is 0. The molecule has 9 heteroatoms. The maximum absolute atomic E-state index is 13.1. The molecule has 1 fully saturated rings.